The molecule has 1 aromatic carbocycles. The Kier molecular flexibility index (Phi) is 5.66. The van der Waals surface area contributed by atoms with E-state index in [-0.39, 0.29) is 0 Å². The number of halogens is 1. The molecule has 0 radical (unpaired) electrons. The van der Waals surface area contributed by atoms with Gasteiger partial charge in [0, 0.05) is 10.4 Å². The highest BCUT2D eigenvalue weighted by Crippen LogP contribution is 2.40. The Labute approximate surface area is 156 Å². The molecule has 0 saturated heterocycles. The van der Waals surface area contributed by atoms with Gasteiger partial charge in [-0.1, -0.05) is 34.1 Å². The number of aryl methyl sites for hydroxylation is 2. The van der Waals surface area contributed by atoms with Gasteiger partial charge >= 0.3 is 0 Å². The third-order valence-corrected chi connectivity index (χ3v) is 6.17. The lowest BCUT2D eigenvalue weighted by Crippen LogP contribution is -2.26. The van der Waals surface area contributed by atoms with E-state index in [4.69, 9.17) is 4.43 Å². The Morgan fingerprint density at radius 1 is 1.17 bits per heavy atom. The normalized spacial score (nSPS) is 18.5. The van der Waals surface area contributed by atoms with Crippen LogP contribution in [-0.4, -0.2) is 8.32 Å². The van der Waals surface area contributed by atoms with Crippen molar-refractivity contribution in [3.05, 3.63) is 62.9 Å². The van der Waals surface area contributed by atoms with Crippen molar-refractivity contribution in [2.24, 2.45) is 5.92 Å². The van der Waals surface area contributed by atoms with E-state index in [2.05, 4.69) is 88.1 Å². The fourth-order valence-corrected chi connectivity index (χ4v) is 4.40. The molecule has 0 spiro atoms. The fourth-order valence-electron chi connectivity index (χ4n) is 3.06. The zero-order valence-corrected chi connectivity index (χ0v) is 18.6. The van der Waals surface area contributed by atoms with Crippen LogP contribution >= 0.6 is 15.9 Å². The molecule has 1 aromatic rings. The van der Waals surface area contributed by atoms with Crippen LogP contribution in [0.1, 0.15) is 37.0 Å². The van der Waals surface area contributed by atoms with Crippen LogP contribution in [0.5, 0.6) is 0 Å². The van der Waals surface area contributed by atoms with Gasteiger partial charge in [0.05, 0.1) is 0 Å². The molecule has 0 fully saturated rings. The van der Waals surface area contributed by atoms with E-state index in [0.717, 1.165) is 12.2 Å². The van der Waals surface area contributed by atoms with Gasteiger partial charge in [-0.2, -0.15) is 0 Å². The molecule has 3 heteroatoms. The second-order valence-electron chi connectivity index (χ2n) is 7.92. The Hall–Kier alpha value is -1.06. The van der Waals surface area contributed by atoms with Crippen molar-refractivity contribution in [1.29, 1.82) is 0 Å². The summed E-state index contributed by atoms with van der Waals surface area (Å²) in [6.07, 6.45) is 3.28. The average Bonchev–Trinajstić information content (AvgIpc) is 2.43. The first-order valence-electron chi connectivity index (χ1n) is 8.53. The van der Waals surface area contributed by atoms with Crippen molar-refractivity contribution in [3.63, 3.8) is 0 Å². The minimum Gasteiger partial charge on any atom is -0.544 e. The van der Waals surface area contributed by atoms with Gasteiger partial charge < -0.3 is 4.43 Å². The molecule has 2 rings (SSSR count). The summed E-state index contributed by atoms with van der Waals surface area (Å²) in [7, 11) is -1.65. The summed E-state index contributed by atoms with van der Waals surface area (Å²) >= 11 is 3.65. The molecule has 130 valence electrons. The smallest absolute Gasteiger partial charge is 0.242 e. The third kappa shape index (κ3) is 4.31. The fraction of sp³-hybridized carbons (Fsp3) is 0.429. The predicted molar refractivity (Wildman–Crippen MR) is 112 cm³/mol. The minimum atomic E-state index is -1.65. The van der Waals surface area contributed by atoms with Crippen molar-refractivity contribution in [2.75, 3.05) is 0 Å². The predicted octanol–water partition coefficient (Wildman–Crippen LogP) is 7.17. The molecule has 1 nitrogen and oxygen atoms in total. The molecule has 0 aliphatic heterocycles. The number of rotatable bonds is 4. The molecule has 0 unspecified atom stereocenters. The van der Waals surface area contributed by atoms with Crippen LogP contribution in [0.4, 0.5) is 0 Å². The van der Waals surface area contributed by atoms with E-state index < -0.39 is 8.32 Å². The summed E-state index contributed by atoms with van der Waals surface area (Å²) in [5.41, 5.74) is 7.78. The van der Waals surface area contributed by atoms with Crippen LogP contribution in [0.25, 0.3) is 5.57 Å². The van der Waals surface area contributed by atoms with Crippen LogP contribution in [-0.2, 0) is 4.43 Å². The number of hydrogen-bond donors (Lipinski definition) is 0. The van der Waals surface area contributed by atoms with Crippen LogP contribution in [0, 0.1) is 19.8 Å². The second kappa shape index (κ2) is 7.05. The third-order valence-electron chi connectivity index (χ3n) is 4.48. The molecule has 0 saturated carbocycles. The van der Waals surface area contributed by atoms with Crippen molar-refractivity contribution >= 4 is 29.8 Å². The Balaban J connectivity index is 2.58. The minimum absolute atomic E-state index is 0.346. The summed E-state index contributed by atoms with van der Waals surface area (Å²) < 4.78 is 7.58. The molecular formula is C21H29BrOSi. The van der Waals surface area contributed by atoms with E-state index in [1.54, 1.807) is 0 Å². The largest absolute Gasteiger partial charge is 0.544 e. The SMILES string of the molecule is C=C(C)[C@@H]1C=C(O[Si](C)(C)C)C(C)=C(c2cc(C)c(Br)cc2C)C1. The van der Waals surface area contributed by atoms with E-state index >= 15 is 0 Å². The van der Waals surface area contributed by atoms with E-state index in [9.17, 15) is 0 Å². The van der Waals surface area contributed by atoms with Gasteiger partial charge in [0.1, 0.15) is 5.76 Å². The van der Waals surface area contributed by atoms with Gasteiger partial charge in [-0.3, -0.25) is 0 Å². The average molecular weight is 405 g/mol. The summed E-state index contributed by atoms with van der Waals surface area (Å²) in [5.74, 6) is 1.40. The molecule has 0 aromatic heterocycles. The van der Waals surface area contributed by atoms with Gasteiger partial charge in [-0.25, -0.2) is 0 Å². The standard InChI is InChI=1S/C21H29BrOSi/c1-13(2)17-11-19(16(5)21(12-17)23-24(6,7)8)18-9-15(4)20(22)10-14(18)3/h9-10,12,17H,1,11H2,2-8H3/t17-/m0/s1. The maximum atomic E-state index is 6.41. The maximum Gasteiger partial charge on any atom is 0.242 e. The van der Waals surface area contributed by atoms with Crippen molar-refractivity contribution < 1.29 is 4.43 Å². The molecule has 1 aliphatic carbocycles. The van der Waals surface area contributed by atoms with Crippen molar-refractivity contribution in [1.82, 2.24) is 0 Å². The van der Waals surface area contributed by atoms with Gasteiger partial charge in [-0.05, 0) is 93.7 Å². The van der Waals surface area contributed by atoms with E-state index in [0.29, 0.717) is 5.92 Å². The van der Waals surface area contributed by atoms with Crippen molar-refractivity contribution in [2.45, 2.75) is 53.8 Å². The van der Waals surface area contributed by atoms with Crippen LogP contribution < -0.4 is 0 Å². The summed E-state index contributed by atoms with van der Waals surface area (Å²) in [4.78, 5) is 0. The highest BCUT2D eigenvalue weighted by molar-refractivity contribution is 9.10. The lowest BCUT2D eigenvalue weighted by Gasteiger charge is -2.31. The number of allylic oxidation sites excluding steroid dienone is 4. The molecule has 0 heterocycles. The quantitative estimate of drug-likeness (QED) is 0.381. The highest BCUT2D eigenvalue weighted by Gasteiger charge is 2.27. The topological polar surface area (TPSA) is 9.23 Å². The molecule has 0 N–H and O–H groups in total. The summed E-state index contributed by atoms with van der Waals surface area (Å²) in [6, 6.07) is 4.52. The summed E-state index contributed by atoms with van der Waals surface area (Å²) in [5, 5.41) is 0. The van der Waals surface area contributed by atoms with Crippen LogP contribution in [0.2, 0.25) is 19.6 Å². The molecule has 1 atom stereocenters. The lowest BCUT2D eigenvalue weighted by atomic mass is 9.81. The first-order chi connectivity index (χ1) is 11.0. The van der Waals surface area contributed by atoms with Gasteiger partial charge in [0.15, 0.2) is 0 Å². The molecular weight excluding hydrogens is 376 g/mol. The number of benzene rings is 1. The van der Waals surface area contributed by atoms with Crippen LogP contribution in [0.3, 0.4) is 0 Å². The van der Waals surface area contributed by atoms with Gasteiger partial charge in [0.2, 0.25) is 8.32 Å². The van der Waals surface area contributed by atoms with Gasteiger partial charge in [-0.15, -0.1) is 0 Å². The first kappa shape index (κ1) is 19.3. The second-order valence-corrected chi connectivity index (χ2v) is 13.2. The lowest BCUT2D eigenvalue weighted by molar-refractivity contribution is 0.423. The Morgan fingerprint density at radius 2 is 1.79 bits per heavy atom. The zero-order valence-electron chi connectivity index (χ0n) is 16.0. The van der Waals surface area contributed by atoms with E-state index in [1.165, 1.54) is 37.9 Å². The Bertz CT molecular complexity index is 735. The molecule has 24 heavy (non-hydrogen) atoms. The van der Waals surface area contributed by atoms with Crippen LogP contribution in [0.15, 0.2) is 46.2 Å². The first-order valence-corrected chi connectivity index (χ1v) is 12.7. The number of hydrogen-bond acceptors (Lipinski definition) is 1. The molecule has 0 amide bonds. The zero-order chi connectivity index (χ0) is 18.2. The van der Waals surface area contributed by atoms with Gasteiger partial charge in [0.25, 0.3) is 0 Å². The summed E-state index contributed by atoms with van der Waals surface area (Å²) in [6.45, 7) is 19.6. The Morgan fingerprint density at radius 3 is 2.33 bits per heavy atom. The molecule has 1 aliphatic rings. The van der Waals surface area contributed by atoms with E-state index in [1.807, 2.05) is 0 Å². The maximum absolute atomic E-state index is 6.41. The highest BCUT2D eigenvalue weighted by atomic mass is 79.9. The monoisotopic (exact) mass is 404 g/mol. The van der Waals surface area contributed by atoms with Crippen molar-refractivity contribution in [3.8, 4) is 0 Å². The molecule has 0 bridgehead atoms.